The minimum atomic E-state index is 0.268. The van der Waals surface area contributed by atoms with Crippen LogP contribution in [-0.2, 0) is 10.5 Å². The van der Waals surface area contributed by atoms with E-state index in [0.717, 1.165) is 31.0 Å². The molecule has 2 aromatic carbocycles. The Labute approximate surface area is 164 Å². The van der Waals surface area contributed by atoms with Crippen LogP contribution >= 0.6 is 11.8 Å². The number of hydrogen-bond donors (Lipinski definition) is 1. The van der Waals surface area contributed by atoms with Gasteiger partial charge in [0.2, 0.25) is 5.91 Å². The van der Waals surface area contributed by atoms with Crippen LogP contribution < -0.4 is 0 Å². The average molecular weight is 377 g/mol. The molecule has 1 aliphatic rings. The Hall–Kier alpha value is -2.46. The summed E-state index contributed by atoms with van der Waals surface area (Å²) in [5.74, 6) is 2.07. The zero-order valence-corrected chi connectivity index (χ0v) is 16.2. The van der Waals surface area contributed by atoms with Crippen molar-refractivity contribution in [3.8, 4) is 0 Å². The Morgan fingerprint density at radius 2 is 1.89 bits per heavy atom. The first-order valence-corrected chi connectivity index (χ1v) is 10.6. The van der Waals surface area contributed by atoms with Crippen molar-refractivity contribution in [2.45, 2.75) is 18.6 Å². The first-order chi connectivity index (χ1) is 13.3. The Kier molecular flexibility index (Phi) is 5.64. The second kappa shape index (κ2) is 8.49. The van der Waals surface area contributed by atoms with E-state index in [0.29, 0.717) is 6.42 Å². The molecule has 0 fully saturated rings. The van der Waals surface area contributed by atoms with Gasteiger partial charge in [0.05, 0.1) is 0 Å². The van der Waals surface area contributed by atoms with Crippen LogP contribution in [0.3, 0.4) is 0 Å². The number of amides is 1. The highest BCUT2D eigenvalue weighted by atomic mass is 32.2. The number of benzene rings is 2. The van der Waals surface area contributed by atoms with Crippen molar-refractivity contribution in [3.63, 3.8) is 0 Å². The number of thioether (sulfide) groups is 1. The number of H-pyrrole nitrogens is 1. The SMILES string of the molecule is O=C(CCSCc1c[nH]c2ccccc12)N1CC=C(c2ccccc2)CC1. The predicted octanol–water partition coefficient (Wildman–Crippen LogP) is 5.11. The van der Waals surface area contributed by atoms with Crippen LogP contribution in [0, 0.1) is 0 Å². The fraction of sp³-hybridized carbons (Fsp3) is 0.261. The number of nitrogens with one attached hydrogen (secondary N) is 1. The molecule has 3 aromatic rings. The van der Waals surface area contributed by atoms with Crippen molar-refractivity contribution in [2.24, 2.45) is 0 Å². The lowest BCUT2D eigenvalue weighted by molar-refractivity contribution is -0.130. The summed E-state index contributed by atoms with van der Waals surface area (Å²) in [4.78, 5) is 17.8. The number of carbonyl (C=O) groups is 1. The molecule has 0 radical (unpaired) electrons. The van der Waals surface area contributed by atoms with Gasteiger partial charge in [-0.3, -0.25) is 4.79 Å². The highest BCUT2D eigenvalue weighted by molar-refractivity contribution is 7.98. The number of aromatic amines is 1. The van der Waals surface area contributed by atoms with Crippen LogP contribution in [0.5, 0.6) is 0 Å². The quantitative estimate of drug-likeness (QED) is 0.607. The fourth-order valence-corrected chi connectivity index (χ4v) is 4.48. The molecule has 1 aromatic heterocycles. The molecule has 4 heteroatoms. The number of aromatic nitrogens is 1. The van der Waals surface area contributed by atoms with Gasteiger partial charge in [-0.15, -0.1) is 0 Å². The molecular formula is C23H24N2OS. The molecule has 2 heterocycles. The van der Waals surface area contributed by atoms with Gasteiger partial charge in [0.15, 0.2) is 0 Å². The number of rotatable bonds is 6. The zero-order valence-electron chi connectivity index (χ0n) is 15.4. The lowest BCUT2D eigenvalue weighted by atomic mass is 9.99. The summed E-state index contributed by atoms with van der Waals surface area (Å²) in [6.07, 6.45) is 5.84. The molecule has 3 nitrogen and oxygen atoms in total. The fourth-order valence-electron chi connectivity index (χ4n) is 3.56. The van der Waals surface area contributed by atoms with E-state index in [1.165, 1.54) is 27.6 Å². The molecule has 138 valence electrons. The predicted molar refractivity (Wildman–Crippen MR) is 115 cm³/mol. The second-order valence-electron chi connectivity index (χ2n) is 6.85. The summed E-state index contributed by atoms with van der Waals surface area (Å²) in [6.45, 7) is 1.56. The van der Waals surface area contributed by atoms with Gasteiger partial charge in [0.25, 0.3) is 0 Å². The van der Waals surface area contributed by atoms with E-state index in [-0.39, 0.29) is 5.91 Å². The zero-order chi connectivity index (χ0) is 18.5. The van der Waals surface area contributed by atoms with E-state index in [1.807, 2.05) is 28.8 Å². The largest absolute Gasteiger partial charge is 0.361 e. The summed E-state index contributed by atoms with van der Waals surface area (Å²) in [5.41, 5.74) is 5.13. The normalized spacial score (nSPS) is 14.4. The summed E-state index contributed by atoms with van der Waals surface area (Å²) < 4.78 is 0. The van der Waals surface area contributed by atoms with E-state index in [1.54, 1.807) is 0 Å². The molecule has 0 bridgehead atoms. The number of carbonyl (C=O) groups excluding carboxylic acids is 1. The second-order valence-corrected chi connectivity index (χ2v) is 7.95. The Balaban J connectivity index is 1.24. The van der Waals surface area contributed by atoms with Gasteiger partial charge >= 0.3 is 0 Å². The average Bonchev–Trinajstić information content (AvgIpc) is 3.15. The van der Waals surface area contributed by atoms with Crippen molar-refractivity contribution < 1.29 is 4.79 Å². The van der Waals surface area contributed by atoms with E-state index < -0.39 is 0 Å². The number of para-hydroxylation sites is 1. The van der Waals surface area contributed by atoms with Crippen LogP contribution in [0.2, 0.25) is 0 Å². The molecule has 27 heavy (non-hydrogen) atoms. The van der Waals surface area contributed by atoms with Gasteiger partial charge in [-0.25, -0.2) is 0 Å². The van der Waals surface area contributed by atoms with E-state index >= 15 is 0 Å². The summed E-state index contributed by atoms with van der Waals surface area (Å²) in [6, 6.07) is 18.8. The van der Waals surface area contributed by atoms with Gasteiger partial charge in [-0.2, -0.15) is 11.8 Å². The number of nitrogens with zero attached hydrogens (tertiary/aromatic N) is 1. The molecule has 0 atom stereocenters. The summed E-state index contributed by atoms with van der Waals surface area (Å²) in [7, 11) is 0. The van der Waals surface area contributed by atoms with Crippen LogP contribution in [-0.4, -0.2) is 34.6 Å². The van der Waals surface area contributed by atoms with Gasteiger partial charge in [-0.05, 0) is 29.2 Å². The van der Waals surface area contributed by atoms with Crippen molar-refractivity contribution in [1.29, 1.82) is 0 Å². The summed E-state index contributed by atoms with van der Waals surface area (Å²) >= 11 is 1.83. The monoisotopic (exact) mass is 376 g/mol. The van der Waals surface area contributed by atoms with Gasteiger partial charge in [0, 0.05) is 48.1 Å². The van der Waals surface area contributed by atoms with Gasteiger partial charge in [-0.1, -0.05) is 54.6 Å². The standard InChI is InChI=1S/C23H24N2OS/c26-23(25-13-10-19(11-14-25)18-6-2-1-3-7-18)12-15-27-17-20-16-24-22-9-5-4-8-21(20)22/h1-10,16,24H,11-15,17H2. The molecule has 0 aliphatic carbocycles. The molecule has 0 spiro atoms. The first kappa shape index (κ1) is 17.9. The number of hydrogen-bond acceptors (Lipinski definition) is 2. The molecule has 0 unspecified atom stereocenters. The van der Waals surface area contributed by atoms with Gasteiger partial charge < -0.3 is 9.88 Å². The van der Waals surface area contributed by atoms with Crippen LogP contribution in [0.1, 0.15) is 24.0 Å². The van der Waals surface area contributed by atoms with Crippen molar-refractivity contribution in [3.05, 3.63) is 78.0 Å². The minimum absolute atomic E-state index is 0.268. The molecule has 4 rings (SSSR count). The van der Waals surface area contributed by atoms with E-state index in [4.69, 9.17) is 0 Å². The van der Waals surface area contributed by atoms with Crippen LogP contribution in [0.25, 0.3) is 16.5 Å². The maximum atomic E-state index is 12.5. The Morgan fingerprint density at radius 1 is 1.07 bits per heavy atom. The molecule has 0 saturated heterocycles. The lowest BCUT2D eigenvalue weighted by Crippen LogP contribution is -2.34. The first-order valence-electron chi connectivity index (χ1n) is 9.46. The molecule has 0 saturated carbocycles. The Morgan fingerprint density at radius 3 is 2.70 bits per heavy atom. The molecular weight excluding hydrogens is 352 g/mol. The maximum Gasteiger partial charge on any atom is 0.223 e. The third-order valence-electron chi connectivity index (χ3n) is 5.10. The lowest BCUT2D eigenvalue weighted by Gasteiger charge is -2.26. The topological polar surface area (TPSA) is 36.1 Å². The number of fused-ring (bicyclic) bond motifs is 1. The highest BCUT2D eigenvalue weighted by Crippen LogP contribution is 2.24. The molecule has 1 aliphatic heterocycles. The third kappa shape index (κ3) is 4.28. The summed E-state index contributed by atoms with van der Waals surface area (Å²) in [5, 5.41) is 1.28. The van der Waals surface area contributed by atoms with Crippen LogP contribution in [0.15, 0.2) is 66.9 Å². The minimum Gasteiger partial charge on any atom is -0.361 e. The van der Waals surface area contributed by atoms with Gasteiger partial charge in [0.1, 0.15) is 0 Å². The molecule has 1 N–H and O–H groups in total. The highest BCUT2D eigenvalue weighted by Gasteiger charge is 2.17. The molecule has 1 amide bonds. The van der Waals surface area contributed by atoms with Crippen molar-refractivity contribution in [2.75, 3.05) is 18.8 Å². The van der Waals surface area contributed by atoms with Crippen molar-refractivity contribution >= 4 is 34.1 Å². The van der Waals surface area contributed by atoms with Crippen molar-refractivity contribution in [1.82, 2.24) is 9.88 Å². The van der Waals surface area contributed by atoms with Crippen LogP contribution in [0.4, 0.5) is 0 Å². The van der Waals surface area contributed by atoms with E-state index in [2.05, 4.69) is 59.7 Å². The third-order valence-corrected chi connectivity index (χ3v) is 6.11. The van der Waals surface area contributed by atoms with E-state index in [9.17, 15) is 4.79 Å². The maximum absolute atomic E-state index is 12.5. The smallest absolute Gasteiger partial charge is 0.223 e. The Bertz CT molecular complexity index is 945.